The van der Waals surface area contributed by atoms with Crippen LogP contribution in [0, 0.1) is 6.92 Å². The molecule has 12 rings (SSSR count). The minimum Gasteiger partial charge on any atom is -0.458 e. The molecule has 0 N–H and O–H groups in total. The van der Waals surface area contributed by atoms with E-state index in [-0.39, 0.29) is 17.5 Å². The maximum Gasteiger partial charge on any atom is 0.299 e. The van der Waals surface area contributed by atoms with Crippen molar-refractivity contribution in [1.29, 1.82) is 0 Å². The zero-order chi connectivity index (χ0) is 48.0. The van der Waals surface area contributed by atoms with Crippen LogP contribution in [0.25, 0.3) is 71.9 Å². The van der Waals surface area contributed by atoms with Gasteiger partial charge in [0.2, 0.25) is 0 Å². The Morgan fingerprint density at radius 1 is 0.580 bits per heavy atom. The van der Waals surface area contributed by atoms with Gasteiger partial charge < -0.3 is 13.9 Å². The van der Waals surface area contributed by atoms with Gasteiger partial charge in [-0.1, -0.05) is 154 Å². The Morgan fingerprint density at radius 3 is 1.84 bits per heavy atom. The molecule has 0 saturated carbocycles. The van der Waals surface area contributed by atoms with E-state index in [4.69, 9.17) is 13.9 Å². The van der Waals surface area contributed by atoms with Crippen LogP contribution >= 0.6 is 0 Å². The molecule has 0 spiro atoms. The number of hydrogen-bond acceptors (Lipinski definition) is 3. The fourth-order valence-electron chi connectivity index (χ4n) is 11.4. The SMILES string of the molecule is Cc1ccc2c(oc3cc(-c4ccc5c6c7c(cc5c4)Oc4ccc(C(C)(C)C)cc4B7c4cc(C(C)(C)C)ccc4O6)ccc32)c1-c1n(-c2c(C(C)C)cccc2C(C)C)c2ccccc2[n+]1C. The van der Waals surface area contributed by atoms with Gasteiger partial charge >= 0.3 is 0 Å². The maximum atomic E-state index is 7.15. The Balaban J connectivity index is 1.01. The van der Waals surface area contributed by atoms with E-state index in [1.54, 1.807) is 0 Å². The van der Waals surface area contributed by atoms with Crippen LogP contribution < -0.4 is 30.4 Å². The summed E-state index contributed by atoms with van der Waals surface area (Å²) in [5.41, 5.74) is 18.5. The summed E-state index contributed by atoms with van der Waals surface area (Å²) in [4.78, 5) is 0. The number of furan rings is 1. The monoisotopic (exact) mass is 903 g/mol. The Hall–Kier alpha value is -7.05. The zero-order valence-electron chi connectivity index (χ0n) is 42.1. The average molecular weight is 904 g/mol. The lowest BCUT2D eigenvalue weighted by molar-refractivity contribution is -0.633. The summed E-state index contributed by atoms with van der Waals surface area (Å²) >= 11 is 0. The third-order valence-electron chi connectivity index (χ3n) is 15.2. The lowest BCUT2D eigenvalue weighted by Gasteiger charge is -2.35. The van der Waals surface area contributed by atoms with Gasteiger partial charge in [0.1, 0.15) is 39.8 Å². The van der Waals surface area contributed by atoms with Gasteiger partial charge in [-0.15, -0.1) is 0 Å². The molecule has 0 bridgehead atoms. The Bertz CT molecular complexity index is 3740. The summed E-state index contributed by atoms with van der Waals surface area (Å²) in [6.45, 7) is 25.1. The molecule has 0 aliphatic carbocycles. The molecule has 2 aliphatic rings. The molecule has 4 heterocycles. The number of hydrogen-bond donors (Lipinski definition) is 0. The van der Waals surface area contributed by atoms with Gasteiger partial charge in [0.05, 0.1) is 7.05 Å². The van der Waals surface area contributed by atoms with Crippen molar-refractivity contribution in [3.8, 4) is 51.2 Å². The van der Waals surface area contributed by atoms with Crippen LogP contribution in [0.2, 0.25) is 0 Å². The van der Waals surface area contributed by atoms with Crippen molar-refractivity contribution < 1.29 is 18.5 Å². The number of nitrogens with zero attached hydrogens (tertiary/aromatic N) is 2. The van der Waals surface area contributed by atoms with Crippen LogP contribution in [0.1, 0.15) is 109 Å². The first-order valence-corrected chi connectivity index (χ1v) is 24.8. The van der Waals surface area contributed by atoms with Crippen LogP contribution in [-0.2, 0) is 17.9 Å². The van der Waals surface area contributed by atoms with Crippen molar-refractivity contribution in [2.75, 3.05) is 0 Å². The fraction of sp³-hybridized carbons (Fsp3) is 0.254. The van der Waals surface area contributed by atoms with E-state index < -0.39 is 0 Å². The molecule has 0 radical (unpaired) electrons. The summed E-state index contributed by atoms with van der Waals surface area (Å²) in [5.74, 6) is 5.30. The predicted molar refractivity (Wildman–Crippen MR) is 288 cm³/mol. The molecule has 2 aliphatic heterocycles. The van der Waals surface area contributed by atoms with E-state index in [9.17, 15) is 0 Å². The quantitative estimate of drug-likeness (QED) is 0.128. The van der Waals surface area contributed by atoms with Gasteiger partial charge in [-0.3, -0.25) is 0 Å². The van der Waals surface area contributed by atoms with Gasteiger partial charge in [-0.2, -0.15) is 4.57 Å². The highest BCUT2D eigenvalue weighted by molar-refractivity contribution is 6.98. The summed E-state index contributed by atoms with van der Waals surface area (Å²) in [5, 5.41) is 4.34. The van der Waals surface area contributed by atoms with Crippen LogP contribution in [0.15, 0.2) is 138 Å². The van der Waals surface area contributed by atoms with E-state index in [0.717, 1.165) is 89.2 Å². The van der Waals surface area contributed by atoms with Crippen molar-refractivity contribution in [1.82, 2.24) is 4.57 Å². The highest BCUT2D eigenvalue weighted by Gasteiger charge is 2.42. The Morgan fingerprint density at radius 2 is 1.19 bits per heavy atom. The minimum absolute atomic E-state index is 0.0108. The lowest BCUT2D eigenvalue weighted by atomic mass is 9.34. The molecule has 0 amide bonds. The van der Waals surface area contributed by atoms with Crippen molar-refractivity contribution in [3.05, 3.63) is 161 Å². The highest BCUT2D eigenvalue weighted by Crippen LogP contribution is 2.45. The molecule has 2 aromatic heterocycles. The number of aromatic nitrogens is 2. The van der Waals surface area contributed by atoms with Gasteiger partial charge in [0.15, 0.2) is 16.6 Å². The Kier molecular flexibility index (Phi) is 9.54. The molecular weight excluding hydrogens is 844 g/mol. The fourth-order valence-corrected chi connectivity index (χ4v) is 11.4. The largest absolute Gasteiger partial charge is 0.458 e. The molecule has 8 aromatic carbocycles. The first kappa shape index (κ1) is 43.2. The first-order chi connectivity index (χ1) is 33.0. The number of aryl methyl sites for hydroxylation is 2. The molecular formula is C63H60BN2O3+. The third kappa shape index (κ3) is 6.62. The first-order valence-electron chi connectivity index (χ1n) is 24.8. The lowest BCUT2D eigenvalue weighted by Crippen LogP contribution is -2.57. The topological polar surface area (TPSA) is 40.4 Å². The second-order valence-corrected chi connectivity index (χ2v) is 22.4. The van der Waals surface area contributed by atoms with Gasteiger partial charge in [-0.25, -0.2) is 4.57 Å². The molecule has 5 nitrogen and oxygen atoms in total. The number of benzene rings is 8. The van der Waals surface area contributed by atoms with Crippen molar-refractivity contribution in [3.63, 3.8) is 0 Å². The Labute approximate surface area is 406 Å². The summed E-state index contributed by atoms with van der Waals surface area (Å²) in [6, 6.07) is 49.3. The summed E-state index contributed by atoms with van der Waals surface area (Å²) < 4.78 is 25.9. The number of rotatable bonds is 5. The van der Waals surface area contributed by atoms with Gasteiger partial charge in [0, 0.05) is 32.7 Å². The van der Waals surface area contributed by atoms with E-state index in [1.807, 2.05) is 0 Å². The maximum absolute atomic E-state index is 7.15. The van der Waals surface area contributed by atoms with E-state index in [0.29, 0.717) is 11.8 Å². The van der Waals surface area contributed by atoms with Crippen molar-refractivity contribution in [2.24, 2.45) is 7.05 Å². The normalized spacial score (nSPS) is 13.4. The molecule has 69 heavy (non-hydrogen) atoms. The van der Waals surface area contributed by atoms with E-state index in [2.05, 4.69) is 226 Å². The average Bonchev–Trinajstić information content (AvgIpc) is 3.83. The van der Waals surface area contributed by atoms with Crippen LogP contribution in [-0.4, -0.2) is 11.3 Å². The molecule has 10 aromatic rings. The predicted octanol–water partition coefficient (Wildman–Crippen LogP) is 14.7. The smallest absolute Gasteiger partial charge is 0.299 e. The van der Waals surface area contributed by atoms with Crippen molar-refractivity contribution in [2.45, 2.75) is 98.8 Å². The summed E-state index contributed by atoms with van der Waals surface area (Å²) in [6.07, 6.45) is 0. The summed E-state index contributed by atoms with van der Waals surface area (Å²) in [7, 11) is 2.20. The molecule has 6 heteroatoms. The molecule has 342 valence electrons. The van der Waals surface area contributed by atoms with Crippen molar-refractivity contribution >= 4 is 66.8 Å². The number of imidazole rings is 1. The molecule has 0 saturated heterocycles. The van der Waals surface area contributed by atoms with Gasteiger partial charge in [-0.05, 0) is 122 Å². The standard InChI is InChI=1S/C63H60BN2O3/c1-35(2)43-16-15-17-44(36(3)4)58(43)66-51-19-14-13-18-50(51)65(12)61(66)56-37(5)20-25-47-46-27-22-39(31-54(46)69-59(47)56)38-21-26-45-40(30-38)32-55-57-60(45)68-53-29-24-42(63(9,10)11)34-49(53)64(57)48-33-41(62(6,7)8)23-28-52(48)67-55/h13-36H,1-12H3/q+1. The zero-order valence-corrected chi connectivity index (χ0v) is 42.1. The van der Waals surface area contributed by atoms with Crippen LogP contribution in [0.5, 0.6) is 23.0 Å². The number of para-hydroxylation sites is 3. The second-order valence-electron chi connectivity index (χ2n) is 22.4. The van der Waals surface area contributed by atoms with E-state index in [1.165, 1.54) is 49.9 Å². The van der Waals surface area contributed by atoms with Crippen LogP contribution in [0.4, 0.5) is 0 Å². The minimum atomic E-state index is -0.0224. The number of ether oxygens (including phenoxy) is 2. The van der Waals surface area contributed by atoms with Gasteiger partial charge in [0.25, 0.3) is 12.5 Å². The molecule has 0 atom stereocenters. The molecule has 0 unspecified atom stereocenters. The number of fused-ring (bicyclic) bond motifs is 10. The highest BCUT2D eigenvalue weighted by atomic mass is 16.5. The second kappa shape index (κ2) is 15.2. The van der Waals surface area contributed by atoms with Crippen LogP contribution in [0.3, 0.4) is 0 Å². The third-order valence-corrected chi connectivity index (χ3v) is 15.2. The van der Waals surface area contributed by atoms with E-state index >= 15 is 0 Å². The molecule has 0 fully saturated rings.